The molecule has 174 valence electrons. The lowest BCUT2D eigenvalue weighted by Crippen LogP contribution is -2.31. The van der Waals surface area contributed by atoms with Crippen LogP contribution in [-0.4, -0.2) is 27.7 Å². The maximum absolute atomic E-state index is 12.7. The van der Waals surface area contributed by atoms with E-state index in [0.29, 0.717) is 17.9 Å². The van der Waals surface area contributed by atoms with Crippen LogP contribution in [0, 0.1) is 6.92 Å². The SMILES string of the molecule is CCc1cccc(C)c1N(Cc1ccc(C(=O)Nc2cccc(COC)c2)cc1)S(C)(=O)=O. The summed E-state index contributed by atoms with van der Waals surface area (Å²) < 4.78 is 31.9. The van der Waals surface area contributed by atoms with Crippen molar-refractivity contribution in [2.45, 2.75) is 33.4 Å². The number of carbonyl (C=O) groups excluding carboxylic acids is 1. The second-order valence-electron chi connectivity index (χ2n) is 7.99. The summed E-state index contributed by atoms with van der Waals surface area (Å²) in [6.07, 6.45) is 1.95. The molecule has 3 aromatic carbocycles. The Morgan fingerprint density at radius 2 is 1.70 bits per heavy atom. The number of ether oxygens (including phenoxy) is 1. The van der Waals surface area contributed by atoms with Gasteiger partial charge in [-0.05, 0) is 59.9 Å². The number of rotatable bonds is 9. The first-order chi connectivity index (χ1) is 15.7. The van der Waals surface area contributed by atoms with Gasteiger partial charge in [0.1, 0.15) is 0 Å². The number of hydrogen-bond donors (Lipinski definition) is 1. The quantitative estimate of drug-likeness (QED) is 0.486. The minimum Gasteiger partial charge on any atom is -0.380 e. The van der Waals surface area contributed by atoms with Gasteiger partial charge in [0.2, 0.25) is 10.0 Å². The molecule has 0 fully saturated rings. The molecule has 0 heterocycles. The van der Waals surface area contributed by atoms with Gasteiger partial charge in [-0.25, -0.2) is 8.42 Å². The van der Waals surface area contributed by atoms with Crippen LogP contribution in [0.2, 0.25) is 0 Å². The Morgan fingerprint density at radius 3 is 2.33 bits per heavy atom. The van der Waals surface area contributed by atoms with Crippen LogP contribution in [0.5, 0.6) is 0 Å². The molecule has 0 saturated carbocycles. The van der Waals surface area contributed by atoms with Gasteiger partial charge in [-0.3, -0.25) is 9.10 Å². The van der Waals surface area contributed by atoms with E-state index < -0.39 is 10.0 Å². The molecule has 0 unspecified atom stereocenters. The predicted molar refractivity (Wildman–Crippen MR) is 133 cm³/mol. The van der Waals surface area contributed by atoms with Gasteiger partial charge in [0.15, 0.2) is 0 Å². The number of sulfonamides is 1. The van der Waals surface area contributed by atoms with Crippen molar-refractivity contribution in [3.8, 4) is 0 Å². The third-order valence-corrected chi connectivity index (χ3v) is 6.50. The number of anilines is 2. The Balaban J connectivity index is 1.80. The van der Waals surface area contributed by atoms with Crippen molar-refractivity contribution in [3.05, 3.63) is 94.5 Å². The van der Waals surface area contributed by atoms with Gasteiger partial charge in [-0.15, -0.1) is 0 Å². The summed E-state index contributed by atoms with van der Waals surface area (Å²) in [6, 6.07) is 20.3. The topological polar surface area (TPSA) is 75.7 Å². The lowest BCUT2D eigenvalue weighted by atomic mass is 10.1. The van der Waals surface area contributed by atoms with Crippen LogP contribution in [0.15, 0.2) is 66.7 Å². The molecule has 1 N–H and O–H groups in total. The molecule has 33 heavy (non-hydrogen) atoms. The largest absolute Gasteiger partial charge is 0.380 e. The fourth-order valence-corrected chi connectivity index (χ4v) is 4.74. The van der Waals surface area contributed by atoms with E-state index in [2.05, 4.69) is 5.32 Å². The Hall–Kier alpha value is -3.16. The van der Waals surface area contributed by atoms with Crippen LogP contribution >= 0.6 is 0 Å². The highest BCUT2D eigenvalue weighted by molar-refractivity contribution is 7.92. The van der Waals surface area contributed by atoms with Crippen molar-refractivity contribution in [2.24, 2.45) is 0 Å². The maximum atomic E-state index is 12.7. The third-order valence-electron chi connectivity index (χ3n) is 5.39. The zero-order chi connectivity index (χ0) is 24.0. The van der Waals surface area contributed by atoms with E-state index in [4.69, 9.17) is 4.74 Å². The van der Waals surface area contributed by atoms with Crippen LogP contribution in [-0.2, 0) is 34.3 Å². The number of methoxy groups -OCH3 is 1. The Bertz CT molecular complexity index is 1220. The van der Waals surface area contributed by atoms with Gasteiger partial charge in [-0.2, -0.15) is 0 Å². The van der Waals surface area contributed by atoms with Crippen molar-refractivity contribution in [1.82, 2.24) is 0 Å². The van der Waals surface area contributed by atoms with E-state index in [-0.39, 0.29) is 12.5 Å². The Morgan fingerprint density at radius 1 is 1.00 bits per heavy atom. The number of amides is 1. The van der Waals surface area contributed by atoms with Crippen molar-refractivity contribution < 1.29 is 17.9 Å². The van der Waals surface area contributed by atoms with Crippen molar-refractivity contribution in [3.63, 3.8) is 0 Å². The van der Waals surface area contributed by atoms with E-state index in [1.165, 1.54) is 10.6 Å². The molecule has 0 aliphatic heterocycles. The molecule has 7 heteroatoms. The molecule has 0 aliphatic rings. The number of nitrogens with one attached hydrogen (secondary N) is 1. The van der Waals surface area contributed by atoms with E-state index in [1.54, 1.807) is 31.4 Å². The molecule has 0 bridgehead atoms. The maximum Gasteiger partial charge on any atom is 0.255 e. The lowest BCUT2D eigenvalue weighted by Gasteiger charge is -2.26. The van der Waals surface area contributed by atoms with Crippen molar-refractivity contribution in [1.29, 1.82) is 0 Å². The molecule has 0 radical (unpaired) electrons. The van der Waals surface area contributed by atoms with Crippen LogP contribution < -0.4 is 9.62 Å². The summed E-state index contributed by atoms with van der Waals surface area (Å²) >= 11 is 0. The summed E-state index contributed by atoms with van der Waals surface area (Å²) in [6.45, 7) is 4.59. The van der Waals surface area contributed by atoms with Gasteiger partial charge in [0.25, 0.3) is 5.91 Å². The van der Waals surface area contributed by atoms with E-state index in [0.717, 1.165) is 34.4 Å². The van der Waals surface area contributed by atoms with Crippen LogP contribution in [0.25, 0.3) is 0 Å². The van der Waals surface area contributed by atoms with Crippen LogP contribution in [0.3, 0.4) is 0 Å². The molecule has 0 saturated heterocycles. The average molecular weight is 467 g/mol. The van der Waals surface area contributed by atoms with Gasteiger partial charge in [-0.1, -0.05) is 49.4 Å². The molecule has 0 atom stereocenters. The highest BCUT2D eigenvalue weighted by Crippen LogP contribution is 2.29. The number of nitrogens with zero attached hydrogens (tertiary/aromatic N) is 1. The van der Waals surface area contributed by atoms with Gasteiger partial charge < -0.3 is 10.1 Å². The second kappa shape index (κ2) is 10.6. The minimum absolute atomic E-state index is 0.192. The molecule has 0 aliphatic carbocycles. The highest BCUT2D eigenvalue weighted by Gasteiger charge is 2.22. The molecule has 0 aromatic heterocycles. The Labute approximate surface area is 196 Å². The fraction of sp³-hybridized carbons (Fsp3) is 0.269. The van der Waals surface area contributed by atoms with Gasteiger partial charge in [0, 0.05) is 18.4 Å². The first-order valence-electron chi connectivity index (χ1n) is 10.8. The lowest BCUT2D eigenvalue weighted by molar-refractivity contribution is 0.102. The van der Waals surface area contributed by atoms with Gasteiger partial charge >= 0.3 is 0 Å². The van der Waals surface area contributed by atoms with E-state index >= 15 is 0 Å². The molecule has 0 spiro atoms. The fourth-order valence-electron chi connectivity index (χ4n) is 3.76. The number of para-hydroxylation sites is 1. The normalized spacial score (nSPS) is 11.3. The van der Waals surface area contributed by atoms with E-state index in [1.807, 2.05) is 56.3 Å². The standard InChI is InChI=1S/C26H30N2O4S/c1-5-22-10-6-8-19(2)25(22)28(33(4,30)31)17-20-12-14-23(15-13-20)26(29)27-24-11-7-9-21(16-24)18-32-3/h6-16H,5,17-18H2,1-4H3,(H,27,29). The number of aryl methyl sites for hydroxylation is 2. The zero-order valence-electron chi connectivity index (χ0n) is 19.5. The first-order valence-corrected chi connectivity index (χ1v) is 12.6. The average Bonchev–Trinajstić information content (AvgIpc) is 2.78. The minimum atomic E-state index is -3.50. The summed E-state index contributed by atoms with van der Waals surface area (Å²) in [5.74, 6) is -0.233. The molecule has 1 amide bonds. The second-order valence-corrected chi connectivity index (χ2v) is 9.90. The van der Waals surface area contributed by atoms with Crippen molar-refractivity contribution in [2.75, 3.05) is 23.0 Å². The molecular formula is C26H30N2O4S. The summed E-state index contributed by atoms with van der Waals surface area (Å²) in [5.41, 5.74) is 5.55. The zero-order valence-corrected chi connectivity index (χ0v) is 20.3. The molecule has 3 aromatic rings. The van der Waals surface area contributed by atoms with Crippen LogP contribution in [0.1, 0.15) is 39.5 Å². The first kappa shape index (κ1) is 24.5. The third kappa shape index (κ3) is 6.21. The Kier molecular flexibility index (Phi) is 7.89. The molecular weight excluding hydrogens is 436 g/mol. The summed E-state index contributed by atoms with van der Waals surface area (Å²) in [5, 5.41) is 2.89. The predicted octanol–water partition coefficient (Wildman–Crippen LogP) is 4.92. The number of carbonyl (C=O) groups is 1. The molecule has 6 nitrogen and oxygen atoms in total. The monoisotopic (exact) mass is 466 g/mol. The molecule has 3 rings (SSSR count). The smallest absolute Gasteiger partial charge is 0.255 e. The summed E-state index contributed by atoms with van der Waals surface area (Å²) in [7, 11) is -1.88. The van der Waals surface area contributed by atoms with Gasteiger partial charge in [0.05, 0.1) is 25.1 Å². The van der Waals surface area contributed by atoms with Crippen molar-refractivity contribution >= 4 is 27.3 Å². The number of hydrogen-bond acceptors (Lipinski definition) is 4. The van der Waals surface area contributed by atoms with E-state index in [9.17, 15) is 13.2 Å². The highest BCUT2D eigenvalue weighted by atomic mass is 32.2. The number of benzene rings is 3. The van der Waals surface area contributed by atoms with Crippen LogP contribution in [0.4, 0.5) is 11.4 Å². The summed E-state index contributed by atoms with van der Waals surface area (Å²) in [4.78, 5) is 12.7.